The van der Waals surface area contributed by atoms with Crippen molar-refractivity contribution in [3.63, 3.8) is 0 Å². The van der Waals surface area contributed by atoms with Crippen molar-refractivity contribution < 1.29 is 18.7 Å². The third kappa shape index (κ3) is 7.70. The van der Waals surface area contributed by atoms with Crippen molar-refractivity contribution >= 4 is 5.97 Å². The van der Waals surface area contributed by atoms with Crippen LogP contribution < -0.4 is 10.1 Å². The number of carbonyl (C=O) groups is 1. The molecule has 0 bridgehead atoms. The number of nitrogens with one attached hydrogen (secondary N) is 1. The predicted octanol–water partition coefficient (Wildman–Crippen LogP) is 6.59. The largest absolute Gasteiger partial charge is 0.489 e. The Hall–Kier alpha value is -3.18. The Bertz CT molecular complexity index is 1050. The van der Waals surface area contributed by atoms with Crippen molar-refractivity contribution in [1.29, 1.82) is 0 Å². The Balaban J connectivity index is 1.44. The summed E-state index contributed by atoms with van der Waals surface area (Å²) in [6.07, 6.45) is 4.33. The van der Waals surface area contributed by atoms with E-state index in [0.29, 0.717) is 30.9 Å². The number of esters is 1. The van der Waals surface area contributed by atoms with E-state index in [1.807, 2.05) is 36.4 Å². The Morgan fingerprint density at radius 2 is 1.71 bits per heavy atom. The number of halogens is 1. The number of hydrogen-bond donors (Lipinski definition) is 1. The molecule has 0 fully saturated rings. The second-order valence-corrected chi connectivity index (χ2v) is 8.41. The first-order valence-corrected chi connectivity index (χ1v) is 11.9. The van der Waals surface area contributed by atoms with Gasteiger partial charge in [0.1, 0.15) is 18.2 Å². The molecule has 0 atom stereocenters. The molecule has 0 unspecified atom stereocenters. The zero-order chi connectivity index (χ0) is 24.2. The van der Waals surface area contributed by atoms with E-state index in [9.17, 15) is 9.18 Å². The van der Waals surface area contributed by atoms with E-state index in [0.717, 1.165) is 37.8 Å². The molecule has 0 amide bonds. The molecular formula is C29H34FNO3. The summed E-state index contributed by atoms with van der Waals surface area (Å²) >= 11 is 0. The van der Waals surface area contributed by atoms with E-state index in [1.165, 1.54) is 29.9 Å². The second-order valence-electron chi connectivity index (χ2n) is 8.41. The molecule has 180 valence electrons. The van der Waals surface area contributed by atoms with Gasteiger partial charge in [0.05, 0.1) is 7.11 Å². The fourth-order valence-electron chi connectivity index (χ4n) is 3.89. The van der Waals surface area contributed by atoms with Gasteiger partial charge in [-0.3, -0.25) is 4.79 Å². The highest BCUT2D eigenvalue weighted by Crippen LogP contribution is 2.26. The van der Waals surface area contributed by atoms with Gasteiger partial charge in [0.15, 0.2) is 0 Å². The molecule has 3 aromatic carbocycles. The van der Waals surface area contributed by atoms with Gasteiger partial charge in [-0.05, 0) is 54.6 Å². The molecule has 0 heterocycles. The van der Waals surface area contributed by atoms with Gasteiger partial charge in [0, 0.05) is 24.6 Å². The molecule has 0 saturated heterocycles. The van der Waals surface area contributed by atoms with E-state index in [2.05, 4.69) is 35.2 Å². The first-order chi connectivity index (χ1) is 16.6. The maximum absolute atomic E-state index is 14.6. The van der Waals surface area contributed by atoms with Crippen molar-refractivity contribution in [3.05, 3.63) is 89.2 Å². The molecule has 5 heteroatoms. The summed E-state index contributed by atoms with van der Waals surface area (Å²) in [5.41, 5.74) is 5.23. The van der Waals surface area contributed by atoms with Gasteiger partial charge in [0.25, 0.3) is 0 Å². The first kappa shape index (κ1) is 25.4. The summed E-state index contributed by atoms with van der Waals surface area (Å²) in [7, 11) is 1.41. The van der Waals surface area contributed by atoms with Gasteiger partial charge in [-0.2, -0.15) is 0 Å². The zero-order valence-corrected chi connectivity index (χ0v) is 20.1. The van der Waals surface area contributed by atoms with Crippen molar-refractivity contribution in [1.82, 2.24) is 5.32 Å². The molecule has 1 N–H and O–H groups in total. The van der Waals surface area contributed by atoms with Gasteiger partial charge >= 0.3 is 5.97 Å². The quantitative estimate of drug-likeness (QED) is 0.229. The number of hydrogen-bond acceptors (Lipinski definition) is 4. The number of benzene rings is 3. The van der Waals surface area contributed by atoms with Gasteiger partial charge in [-0.25, -0.2) is 4.39 Å². The monoisotopic (exact) mass is 463 g/mol. The lowest BCUT2D eigenvalue weighted by molar-refractivity contribution is -0.140. The summed E-state index contributed by atoms with van der Waals surface area (Å²) in [5, 5.41) is 3.29. The predicted molar refractivity (Wildman–Crippen MR) is 134 cm³/mol. The molecule has 0 aliphatic carbocycles. The maximum Gasteiger partial charge on any atom is 0.305 e. The third-order valence-electron chi connectivity index (χ3n) is 5.98. The Kier molecular flexibility index (Phi) is 10.1. The van der Waals surface area contributed by atoms with Crippen LogP contribution in [0, 0.1) is 12.7 Å². The molecule has 4 nitrogen and oxygen atoms in total. The van der Waals surface area contributed by atoms with Crippen molar-refractivity contribution in [2.75, 3.05) is 13.7 Å². The smallest absolute Gasteiger partial charge is 0.305 e. The van der Waals surface area contributed by atoms with E-state index in [4.69, 9.17) is 4.74 Å². The van der Waals surface area contributed by atoms with Gasteiger partial charge in [0.2, 0.25) is 0 Å². The minimum Gasteiger partial charge on any atom is -0.489 e. The van der Waals surface area contributed by atoms with Crippen LogP contribution in [-0.4, -0.2) is 19.6 Å². The average molecular weight is 464 g/mol. The zero-order valence-electron chi connectivity index (χ0n) is 20.1. The van der Waals surface area contributed by atoms with E-state index >= 15 is 0 Å². The molecule has 0 spiro atoms. The maximum atomic E-state index is 14.6. The number of carbonyl (C=O) groups excluding carboxylic acids is 1. The van der Waals surface area contributed by atoms with Crippen LogP contribution in [0.4, 0.5) is 4.39 Å². The SMILES string of the molecule is COC(=O)CCCCCCNCc1ccc(OCc2cccc(-c3ccccc3)c2C)cc1F. The van der Waals surface area contributed by atoms with E-state index in [-0.39, 0.29) is 11.8 Å². The minimum atomic E-state index is -0.266. The first-order valence-electron chi connectivity index (χ1n) is 11.9. The number of rotatable bonds is 13. The summed E-state index contributed by atoms with van der Waals surface area (Å²) in [5.74, 6) is 0.103. The van der Waals surface area contributed by atoms with Crippen LogP contribution in [0.5, 0.6) is 5.75 Å². The van der Waals surface area contributed by atoms with Crippen LogP contribution in [0.15, 0.2) is 66.7 Å². The van der Waals surface area contributed by atoms with Crippen molar-refractivity contribution in [2.45, 2.75) is 52.2 Å². The normalized spacial score (nSPS) is 10.8. The summed E-state index contributed by atoms with van der Waals surface area (Å²) in [6, 6.07) is 21.5. The topological polar surface area (TPSA) is 47.6 Å². The number of unbranched alkanes of at least 4 members (excludes halogenated alkanes) is 3. The second kappa shape index (κ2) is 13.5. The molecule has 34 heavy (non-hydrogen) atoms. The lowest BCUT2D eigenvalue weighted by atomic mass is 9.97. The summed E-state index contributed by atoms with van der Waals surface area (Å²) in [4.78, 5) is 11.1. The molecule has 0 aliphatic heterocycles. The fourth-order valence-corrected chi connectivity index (χ4v) is 3.89. The average Bonchev–Trinajstić information content (AvgIpc) is 2.86. The number of methoxy groups -OCH3 is 1. The highest BCUT2D eigenvalue weighted by atomic mass is 19.1. The van der Waals surface area contributed by atoms with Crippen LogP contribution in [0.2, 0.25) is 0 Å². The van der Waals surface area contributed by atoms with E-state index in [1.54, 1.807) is 6.07 Å². The fraction of sp³-hybridized carbons (Fsp3) is 0.345. The van der Waals surface area contributed by atoms with Crippen LogP contribution in [0.3, 0.4) is 0 Å². The van der Waals surface area contributed by atoms with Crippen molar-refractivity contribution in [3.8, 4) is 16.9 Å². The molecule has 0 radical (unpaired) electrons. The van der Waals surface area contributed by atoms with Gasteiger partial charge in [-0.1, -0.05) is 67.4 Å². The Morgan fingerprint density at radius 1 is 0.912 bits per heavy atom. The van der Waals surface area contributed by atoms with Crippen LogP contribution in [-0.2, 0) is 22.7 Å². The Labute approximate surface area is 202 Å². The lowest BCUT2D eigenvalue weighted by Gasteiger charge is -2.13. The summed E-state index contributed by atoms with van der Waals surface area (Å²) < 4.78 is 25.1. The van der Waals surface area contributed by atoms with Gasteiger partial charge in [-0.15, -0.1) is 0 Å². The highest BCUT2D eigenvalue weighted by Gasteiger charge is 2.09. The van der Waals surface area contributed by atoms with Crippen LogP contribution >= 0.6 is 0 Å². The van der Waals surface area contributed by atoms with Crippen LogP contribution in [0.1, 0.15) is 48.8 Å². The Morgan fingerprint density at radius 3 is 2.47 bits per heavy atom. The summed E-state index contributed by atoms with van der Waals surface area (Å²) in [6.45, 7) is 3.77. The molecule has 0 aliphatic rings. The third-order valence-corrected chi connectivity index (χ3v) is 5.98. The molecule has 0 saturated carbocycles. The molecular weight excluding hydrogens is 429 g/mol. The minimum absolute atomic E-state index is 0.156. The highest BCUT2D eigenvalue weighted by molar-refractivity contribution is 5.69. The van der Waals surface area contributed by atoms with Gasteiger partial charge < -0.3 is 14.8 Å². The van der Waals surface area contributed by atoms with Crippen molar-refractivity contribution in [2.24, 2.45) is 0 Å². The molecule has 3 aromatic rings. The number of ether oxygens (including phenoxy) is 2. The van der Waals surface area contributed by atoms with E-state index < -0.39 is 0 Å². The lowest BCUT2D eigenvalue weighted by Crippen LogP contribution is -2.15. The molecule has 0 aromatic heterocycles. The standard InChI is InChI=1S/C29H34FNO3/c1-22-25(13-10-14-27(22)23-11-6-5-7-12-23)21-34-26-17-16-24(28(30)19-26)20-31-18-9-4-3-8-15-29(32)33-2/h5-7,10-14,16-17,19,31H,3-4,8-9,15,18,20-21H2,1-2H3. The van der Waals surface area contributed by atoms with Crippen LogP contribution in [0.25, 0.3) is 11.1 Å². The molecule has 3 rings (SSSR count).